The quantitative estimate of drug-likeness (QED) is 0.490. The van der Waals surface area contributed by atoms with Gasteiger partial charge in [0.1, 0.15) is 5.75 Å². The molecule has 2 aromatic carbocycles. The molecule has 0 saturated carbocycles. The van der Waals surface area contributed by atoms with E-state index in [1.807, 2.05) is 23.1 Å². The van der Waals surface area contributed by atoms with Crippen LogP contribution in [-0.2, 0) is 9.84 Å². The van der Waals surface area contributed by atoms with Crippen molar-refractivity contribution >= 4 is 31.7 Å². The third-order valence-electron chi connectivity index (χ3n) is 5.35. The van der Waals surface area contributed by atoms with Crippen LogP contribution in [0.3, 0.4) is 0 Å². The Morgan fingerprint density at radius 1 is 1.13 bits per heavy atom. The van der Waals surface area contributed by atoms with E-state index in [0.29, 0.717) is 23.1 Å². The highest BCUT2D eigenvalue weighted by Crippen LogP contribution is 2.37. The molecular formula is C22H23BrN2O4S. The highest BCUT2D eigenvalue weighted by Gasteiger charge is 2.32. The molecule has 3 aromatic rings. The Morgan fingerprint density at radius 2 is 1.83 bits per heavy atom. The van der Waals surface area contributed by atoms with E-state index in [1.165, 1.54) is 0 Å². The van der Waals surface area contributed by atoms with Crippen molar-refractivity contribution in [3.8, 4) is 17.2 Å². The molecule has 30 heavy (non-hydrogen) atoms. The summed E-state index contributed by atoms with van der Waals surface area (Å²) in [6.07, 6.45) is 1.96. The second-order valence-corrected chi connectivity index (χ2v) is 10.3. The summed E-state index contributed by atoms with van der Waals surface area (Å²) < 4.78 is 39.1. The highest BCUT2D eigenvalue weighted by atomic mass is 79.9. The lowest BCUT2D eigenvalue weighted by Gasteiger charge is -2.30. The monoisotopic (exact) mass is 490 g/mol. The molecule has 1 aliphatic heterocycles. The van der Waals surface area contributed by atoms with E-state index in [0.717, 1.165) is 30.4 Å². The average molecular weight is 491 g/mol. The number of aromatic nitrogens is 1. The summed E-state index contributed by atoms with van der Waals surface area (Å²) in [5, 5.41) is -0.0443. The largest absolute Gasteiger partial charge is 0.497 e. The van der Waals surface area contributed by atoms with Crippen LogP contribution in [0.25, 0.3) is 11.5 Å². The van der Waals surface area contributed by atoms with Crippen LogP contribution in [-0.4, -0.2) is 33.6 Å². The molecule has 0 amide bonds. The van der Waals surface area contributed by atoms with Crippen LogP contribution >= 0.6 is 15.9 Å². The first-order chi connectivity index (χ1) is 14.4. The molecule has 2 heterocycles. The van der Waals surface area contributed by atoms with Gasteiger partial charge in [0.2, 0.25) is 26.6 Å². The van der Waals surface area contributed by atoms with E-state index in [2.05, 4.69) is 27.8 Å². The number of sulfone groups is 1. The third-order valence-corrected chi connectivity index (χ3v) is 7.54. The van der Waals surface area contributed by atoms with Gasteiger partial charge in [0, 0.05) is 23.1 Å². The zero-order chi connectivity index (χ0) is 21.3. The Kier molecular flexibility index (Phi) is 5.88. The smallest absolute Gasteiger partial charge is 0.236 e. The number of oxazole rings is 1. The molecule has 0 radical (unpaired) electrons. The molecule has 0 unspecified atom stereocenters. The summed E-state index contributed by atoms with van der Waals surface area (Å²) in [6.45, 7) is 3.67. The number of halogens is 1. The summed E-state index contributed by atoms with van der Waals surface area (Å²) in [5.74, 6) is 1.82. The number of rotatable bonds is 5. The molecule has 158 valence electrons. The van der Waals surface area contributed by atoms with Gasteiger partial charge < -0.3 is 14.1 Å². The van der Waals surface area contributed by atoms with Crippen molar-refractivity contribution in [3.63, 3.8) is 0 Å². The predicted octanol–water partition coefficient (Wildman–Crippen LogP) is 5.18. The normalized spacial score (nSPS) is 15.4. The average Bonchev–Trinajstić information content (AvgIpc) is 3.21. The fourth-order valence-corrected chi connectivity index (χ4v) is 5.08. The first-order valence-corrected chi connectivity index (χ1v) is 12.1. The van der Waals surface area contributed by atoms with E-state index in [-0.39, 0.29) is 15.8 Å². The second-order valence-electron chi connectivity index (χ2n) is 7.49. The minimum atomic E-state index is -3.85. The number of hydrogen-bond acceptors (Lipinski definition) is 6. The van der Waals surface area contributed by atoms with Crippen LogP contribution in [0.4, 0.5) is 5.88 Å². The second kappa shape index (κ2) is 8.43. The van der Waals surface area contributed by atoms with Crippen molar-refractivity contribution in [2.24, 2.45) is 5.92 Å². The van der Waals surface area contributed by atoms with Crippen molar-refractivity contribution in [2.45, 2.75) is 29.7 Å². The van der Waals surface area contributed by atoms with Crippen LogP contribution in [0, 0.1) is 5.92 Å². The van der Waals surface area contributed by atoms with E-state index in [9.17, 15) is 8.42 Å². The fraction of sp³-hybridized carbons (Fsp3) is 0.318. The number of hydrogen-bond donors (Lipinski definition) is 0. The van der Waals surface area contributed by atoms with Gasteiger partial charge in [-0.25, -0.2) is 8.42 Å². The molecule has 1 aromatic heterocycles. The van der Waals surface area contributed by atoms with Crippen LogP contribution in [0.1, 0.15) is 19.8 Å². The first kappa shape index (κ1) is 20.9. The molecule has 0 aliphatic carbocycles. The van der Waals surface area contributed by atoms with Gasteiger partial charge in [-0.05, 0) is 61.2 Å². The van der Waals surface area contributed by atoms with Gasteiger partial charge >= 0.3 is 0 Å². The van der Waals surface area contributed by atoms with Gasteiger partial charge in [-0.2, -0.15) is 4.98 Å². The number of anilines is 1. The number of piperidine rings is 1. The van der Waals surface area contributed by atoms with E-state index in [4.69, 9.17) is 9.15 Å². The molecule has 6 nitrogen and oxygen atoms in total. The SMILES string of the molecule is COc1cccc(-c2nc(S(=O)(=O)c3ccc(Br)cc3)c(N3CCC(C)CC3)o2)c1. The number of nitrogens with zero attached hydrogens (tertiary/aromatic N) is 2. The lowest BCUT2D eigenvalue weighted by Crippen LogP contribution is -2.33. The Balaban J connectivity index is 1.83. The van der Waals surface area contributed by atoms with Gasteiger partial charge in [0.25, 0.3) is 0 Å². The Hall–Kier alpha value is -2.32. The van der Waals surface area contributed by atoms with Crippen LogP contribution in [0.15, 0.2) is 67.3 Å². The first-order valence-electron chi connectivity index (χ1n) is 9.79. The van der Waals surface area contributed by atoms with Crippen LogP contribution in [0.5, 0.6) is 5.75 Å². The number of ether oxygens (including phenoxy) is 1. The summed E-state index contributed by atoms with van der Waals surface area (Å²) in [7, 11) is -2.27. The molecule has 0 N–H and O–H groups in total. The molecule has 0 spiro atoms. The van der Waals surface area contributed by atoms with Crippen molar-refractivity contribution < 1.29 is 17.6 Å². The summed E-state index contributed by atoms with van der Waals surface area (Å²) in [4.78, 5) is 6.63. The van der Waals surface area contributed by atoms with E-state index >= 15 is 0 Å². The van der Waals surface area contributed by atoms with Crippen LogP contribution in [0.2, 0.25) is 0 Å². The van der Waals surface area contributed by atoms with Crippen molar-refractivity contribution in [1.29, 1.82) is 0 Å². The van der Waals surface area contributed by atoms with Crippen molar-refractivity contribution in [3.05, 3.63) is 53.0 Å². The summed E-state index contributed by atoms with van der Waals surface area (Å²) >= 11 is 3.35. The van der Waals surface area contributed by atoms with Crippen LogP contribution < -0.4 is 9.64 Å². The van der Waals surface area contributed by atoms with Gasteiger partial charge in [-0.1, -0.05) is 28.9 Å². The zero-order valence-electron chi connectivity index (χ0n) is 16.8. The minimum Gasteiger partial charge on any atom is -0.497 e. The molecule has 0 bridgehead atoms. The number of benzene rings is 2. The molecule has 0 atom stereocenters. The topological polar surface area (TPSA) is 72.6 Å². The Morgan fingerprint density at radius 3 is 2.50 bits per heavy atom. The van der Waals surface area contributed by atoms with E-state index in [1.54, 1.807) is 37.4 Å². The zero-order valence-corrected chi connectivity index (χ0v) is 19.2. The lowest BCUT2D eigenvalue weighted by atomic mass is 9.99. The predicted molar refractivity (Wildman–Crippen MR) is 119 cm³/mol. The molecule has 4 rings (SSSR count). The summed E-state index contributed by atoms with van der Waals surface area (Å²) in [5.41, 5.74) is 0.665. The minimum absolute atomic E-state index is 0.0443. The standard InChI is InChI=1S/C22H23BrN2O4S/c1-15-10-12-25(13-11-15)22-21(30(26,27)19-8-6-17(23)7-9-19)24-20(29-22)16-4-3-5-18(14-16)28-2/h3-9,14-15H,10-13H2,1-2H3. The van der Waals surface area contributed by atoms with E-state index < -0.39 is 9.84 Å². The van der Waals surface area contributed by atoms with Gasteiger partial charge in [-0.3, -0.25) is 0 Å². The lowest BCUT2D eigenvalue weighted by molar-refractivity contribution is 0.413. The highest BCUT2D eigenvalue weighted by molar-refractivity contribution is 9.10. The molecular weight excluding hydrogens is 468 g/mol. The number of methoxy groups -OCH3 is 1. The maximum absolute atomic E-state index is 13.5. The molecule has 1 aliphatic rings. The van der Waals surface area contributed by atoms with Crippen molar-refractivity contribution in [2.75, 3.05) is 25.1 Å². The molecule has 1 saturated heterocycles. The Labute approximate surface area is 184 Å². The maximum atomic E-state index is 13.5. The fourth-order valence-electron chi connectivity index (χ4n) is 3.49. The maximum Gasteiger partial charge on any atom is 0.236 e. The van der Waals surface area contributed by atoms with Gasteiger partial charge in [-0.15, -0.1) is 0 Å². The van der Waals surface area contributed by atoms with Crippen molar-refractivity contribution in [1.82, 2.24) is 4.98 Å². The Bertz CT molecular complexity index is 1130. The molecule has 8 heteroatoms. The molecule has 1 fully saturated rings. The van der Waals surface area contributed by atoms with Gasteiger partial charge in [0.05, 0.1) is 12.0 Å². The van der Waals surface area contributed by atoms with Gasteiger partial charge in [0.15, 0.2) is 0 Å². The summed E-state index contributed by atoms with van der Waals surface area (Å²) in [6, 6.07) is 13.8. The third kappa shape index (κ3) is 4.11.